The molecule has 3 nitrogen and oxygen atoms in total. The van der Waals surface area contributed by atoms with Crippen molar-refractivity contribution < 1.29 is 49.1 Å². The fraction of sp³-hybridized carbons (Fsp3) is 0. The van der Waals surface area contributed by atoms with Crippen molar-refractivity contribution in [2.24, 2.45) is 0 Å². The summed E-state index contributed by atoms with van der Waals surface area (Å²) in [5.41, 5.74) is 4.16. The van der Waals surface area contributed by atoms with Crippen molar-refractivity contribution in [2.45, 2.75) is 0 Å². The summed E-state index contributed by atoms with van der Waals surface area (Å²) in [4.78, 5) is 13.0. The monoisotopic (exact) mass is 202 g/mol. The van der Waals surface area contributed by atoms with E-state index in [1.54, 1.807) is 0 Å². The van der Waals surface area contributed by atoms with Gasteiger partial charge < -0.3 is 10.6 Å². The fourth-order valence-electron chi connectivity index (χ4n) is 0.118. The maximum absolute atomic E-state index is 9.86. The van der Waals surface area contributed by atoms with E-state index in [2.05, 4.69) is 22.9 Å². The molecule has 0 unspecified atom stereocenters. The SMILES string of the molecule is C=C=C=[C-]C(=O)OO.[HH].[Y]. The van der Waals surface area contributed by atoms with E-state index in [0.29, 0.717) is 0 Å². The van der Waals surface area contributed by atoms with Crippen LogP contribution in [-0.4, -0.2) is 11.2 Å². The first-order valence-electron chi connectivity index (χ1n) is 1.69. The molecule has 0 spiro atoms. The molecule has 47 valence electrons. The van der Waals surface area contributed by atoms with Crippen LogP contribution in [0.2, 0.25) is 0 Å². The molecule has 4 heteroatoms. The predicted octanol–water partition coefficient (Wildman–Crippen LogP) is 0.545. The second-order valence-corrected chi connectivity index (χ2v) is 0.806. The zero-order valence-corrected chi connectivity index (χ0v) is 7.39. The summed E-state index contributed by atoms with van der Waals surface area (Å²) in [5, 5.41) is 7.56. The molecule has 1 N–H and O–H groups in total. The normalized spacial score (nSPS) is 5.44. The minimum Gasteiger partial charge on any atom is -0.317 e. The Bertz CT molecular complexity index is 168. The van der Waals surface area contributed by atoms with E-state index in [9.17, 15) is 4.79 Å². The van der Waals surface area contributed by atoms with Gasteiger partial charge in [0, 0.05) is 34.1 Å². The summed E-state index contributed by atoms with van der Waals surface area (Å²) in [5.74, 6) is -1.01. The van der Waals surface area contributed by atoms with Gasteiger partial charge in [-0.3, -0.25) is 10.5 Å². The van der Waals surface area contributed by atoms with Crippen molar-refractivity contribution in [2.75, 3.05) is 0 Å². The fourth-order valence-corrected chi connectivity index (χ4v) is 0.118. The molecule has 0 heterocycles. The zero-order chi connectivity index (χ0) is 6.41. The molecule has 0 aliphatic heterocycles. The minimum absolute atomic E-state index is 0. The van der Waals surface area contributed by atoms with Crippen LogP contribution in [0.25, 0.3) is 0 Å². The number of carbonyl (C=O) groups is 1. The molecule has 0 saturated heterocycles. The van der Waals surface area contributed by atoms with E-state index in [0.717, 1.165) is 0 Å². The number of hydrogen-bond acceptors (Lipinski definition) is 3. The maximum Gasteiger partial charge on any atom is 0.287 e. The second-order valence-electron chi connectivity index (χ2n) is 0.806. The molecule has 0 bridgehead atoms. The van der Waals surface area contributed by atoms with Crippen molar-refractivity contribution in [1.82, 2.24) is 0 Å². The van der Waals surface area contributed by atoms with Gasteiger partial charge in [-0.25, -0.2) is 5.26 Å². The van der Waals surface area contributed by atoms with Gasteiger partial charge in [0.15, 0.2) is 0 Å². The second kappa shape index (κ2) is 7.83. The van der Waals surface area contributed by atoms with Crippen molar-refractivity contribution >= 4 is 5.97 Å². The van der Waals surface area contributed by atoms with Gasteiger partial charge in [0.05, 0.1) is 0 Å². The molecular weight excluding hydrogens is 197 g/mol. The van der Waals surface area contributed by atoms with E-state index in [1.807, 2.05) is 6.08 Å². The summed E-state index contributed by atoms with van der Waals surface area (Å²) >= 11 is 0. The summed E-state index contributed by atoms with van der Waals surface area (Å²) in [7, 11) is 0. The van der Waals surface area contributed by atoms with Crippen molar-refractivity contribution in [3.63, 3.8) is 0 Å². The molecule has 0 aliphatic carbocycles. The Morgan fingerprint density at radius 1 is 1.89 bits per heavy atom. The van der Waals surface area contributed by atoms with Gasteiger partial charge in [0.25, 0.3) is 5.97 Å². The third kappa shape index (κ3) is 7.83. The van der Waals surface area contributed by atoms with Gasteiger partial charge in [-0.2, -0.15) is 6.58 Å². The molecule has 0 fully saturated rings. The molecule has 0 aliphatic rings. The molecule has 0 rings (SSSR count). The van der Waals surface area contributed by atoms with Crippen molar-refractivity contribution in [1.29, 1.82) is 0 Å². The van der Waals surface area contributed by atoms with Gasteiger partial charge in [0.1, 0.15) is 0 Å². The Balaban J connectivity index is -0.000000245. The van der Waals surface area contributed by atoms with Gasteiger partial charge in [-0.05, 0) is 0 Å². The Kier molecular flexibility index (Phi) is 10.1. The molecule has 9 heavy (non-hydrogen) atoms. The third-order valence-corrected chi connectivity index (χ3v) is 0.336. The van der Waals surface area contributed by atoms with Crippen LogP contribution in [-0.2, 0) is 42.4 Å². The Labute approximate surface area is 79.0 Å². The molecule has 0 aromatic rings. The van der Waals surface area contributed by atoms with E-state index in [1.165, 1.54) is 0 Å². The largest absolute Gasteiger partial charge is 0.317 e. The van der Waals surface area contributed by atoms with E-state index in [-0.39, 0.29) is 34.1 Å². The molecule has 0 amide bonds. The maximum atomic E-state index is 9.86. The number of carbonyl (C=O) groups excluding carboxylic acids is 1. The zero-order valence-electron chi connectivity index (χ0n) is 4.55. The van der Waals surface area contributed by atoms with Gasteiger partial charge in [-0.1, -0.05) is 0 Å². The Hall–Kier alpha value is -0.166. The van der Waals surface area contributed by atoms with Crippen LogP contribution in [0.5, 0.6) is 0 Å². The van der Waals surface area contributed by atoms with Gasteiger partial charge >= 0.3 is 0 Å². The average Bonchev–Trinajstić information content (AvgIpc) is 1.83. The molecule has 0 aromatic carbocycles. The third-order valence-electron chi connectivity index (χ3n) is 0.336. The summed E-state index contributed by atoms with van der Waals surface area (Å²) in [6.45, 7) is 3.08. The predicted molar refractivity (Wildman–Crippen MR) is 26.7 cm³/mol. The topological polar surface area (TPSA) is 46.5 Å². The summed E-state index contributed by atoms with van der Waals surface area (Å²) in [6, 6.07) is 0. The van der Waals surface area contributed by atoms with E-state index < -0.39 is 5.97 Å². The minimum atomic E-state index is -1.01. The van der Waals surface area contributed by atoms with Crippen molar-refractivity contribution in [3.8, 4) is 0 Å². The average molecular weight is 202 g/mol. The van der Waals surface area contributed by atoms with Crippen LogP contribution in [0.3, 0.4) is 0 Å². The van der Waals surface area contributed by atoms with Crippen molar-refractivity contribution in [3.05, 3.63) is 24.1 Å². The summed E-state index contributed by atoms with van der Waals surface area (Å²) < 4.78 is 0. The first-order chi connectivity index (χ1) is 3.81. The van der Waals surface area contributed by atoms with Crippen LogP contribution in [0, 0.1) is 6.08 Å². The molecule has 0 aromatic heterocycles. The standard InChI is InChI=1S/C5H3O3.Y.H2/c1-2-3-4-5(6)8-7;;/h7H,1H2;;1H/q-1;;. The molecule has 0 saturated carbocycles. The van der Waals surface area contributed by atoms with Crippen LogP contribution in [0.1, 0.15) is 1.43 Å². The first kappa shape index (κ1) is 11.6. The van der Waals surface area contributed by atoms with Crippen LogP contribution >= 0.6 is 0 Å². The summed E-state index contributed by atoms with van der Waals surface area (Å²) in [6.07, 6.45) is 1.85. The van der Waals surface area contributed by atoms with Gasteiger partial charge in [-0.15, -0.1) is 6.08 Å². The molecular formula is C5H5O3Y-. The number of hydrogen-bond donors (Lipinski definition) is 1. The van der Waals surface area contributed by atoms with E-state index in [4.69, 9.17) is 5.26 Å². The molecule has 1 radical (unpaired) electrons. The Morgan fingerprint density at radius 3 is 2.78 bits per heavy atom. The first-order valence-corrected chi connectivity index (χ1v) is 1.69. The number of rotatable bonds is 1. The Morgan fingerprint density at radius 2 is 2.44 bits per heavy atom. The van der Waals surface area contributed by atoms with Crippen LogP contribution in [0.15, 0.2) is 18.0 Å². The molecule has 0 atom stereocenters. The quantitative estimate of drug-likeness (QED) is 0.222. The van der Waals surface area contributed by atoms with E-state index >= 15 is 0 Å². The smallest absolute Gasteiger partial charge is 0.287 e. The van der Waals surface area contributed by atoms with Gasteiger partial charge in [0.2, 0.25) is 0 Å². The van der Waals surface area contributed by atoms with Crippen LogP contribution < -0.4 is 0 Å². The van der Waals surface area contributed by atoms with Crippen LogP contribution in [0.4, 0.5) is 0 Å².